The molecule has 0 aromatic carbocycles. The molecule has 1 heterocycles. The van der Waals surface area contributed by atoms with Gasteiger partial charge in [0.25, 0.3) is 0 Å². The molecule has 4 heteroatoms. The third-order valence-corrected chi connectivity index (χ3v) is 1.73. The van der Waals surface area contributed by atoms with Crippen LogP contribution in [0.4, 0.5) is 0 Å². The number of rotatable bonds is 2. The highest BCUT2D eigenvalue weighted by atomic mass is 32.1. The molecule has 0 amide bonds. The smallest absolute Gasteiger partial charge is 0.0664 e. The van der Waals surface area contributed by atoms with Crippen LogP contribution in [0.15, 0.2) is 17.8 Å². The van der Waals surface area contributed by atoms with E-state index in [2.05, 4.69) is 31.4 Å². The van der Waals surface area contributed by atoms with Gasteiger partial charge in [0.1, 0.15) is 0 Å². The first kappa shape index (κ1) is 7.63. The van der Waals surface area contributed by atoms with E-state index < -0.39 is 0 Å². The molecule has 0 aliphatic carbocycles. The summed E-state index contributed by atoms with van der Waals surface area (Å²) in [6.45, 7) is 6.48. The van der Waals surface area contributed by atoms with Gasteiger partial charge < -0.3 is 0 Å². The summed E-state index contributed by atoms with van der Waals surface area (Å²) >= 11 is 4.09. The van der Waals surface area contributed by atoms with Gasteiger partial charge in [-0.05, 0) is 19.7 Å². The van der Waals surface area contributed by atoms with E-state index in [4.69, 9.17) is 0 Å². The molecule has 1 aliphatic heterocycles. The number of hydrogen-bond donors (Lipinski definition) is 1. The lowest BCUT2D eigenvalue weighted by Gasteiger charge is -2.23. The predicted octanol–water partition coefficient (Wildman–Crippen LogP) is 0.924. The van der Waals surface area contributed by atoms with Gasteiger partial charge in [0.15, 0.2) is 0 Å². The predicted molar refractivity (Wildman–Crippen MR) is 45.7 cm³/mol. The van der Waals surface area contributed by atoms with Crippen LogP contribution in [0.2, 0.25) is 0 Å². The van der Waals surface area contributed by atoms with E-state index in [0.29, 0.717) is 6.04 Å². The first-order valence-electron chi connectivity index (χ1n) is 3.16. The lowest BCUT2D eigenvalue weighted by atomic mass is 10.3. The second-order valence-electron chi connectivity index (χ2n) is 2.18. The summed E-state index contributed by atoms with van der Waals surface area (Å²) in [4.78, 5) is 0. The number of hydrazine groups is 1. The Morgan fingerprint density at radius 1 is 1.90 bits per heavy atom. The molecule has 1 aliphatic rings. The first-order valence-corrected chi connectivity index (χ1v) is 3.56. The SMILES string of the molecule is C=CCN1C(C)C=NN1S. The van der Waals surface area contributed by atoms with Crippen LogP contribution < -0.4 is 0 Å². The Kier molecular flexibility index (Phi) is 2.34. The topological polar surface area (TPSA) is 18.8 Å². The van der Waals surface area contributed by atoms with Gasteiger partial charge in [0, 0.05) is 12.8 Å². The van der Waals surface area contributed by atoms with E-state index in [1.54, 1.807) is 0 Å². The van der Waals surface area contributed by atoms with Crippen molar-refractivity contribution in [3.63, 3.8) is 0 Å². The number of hydrazone groups is 1. The Labute approximate surface area is 66.5 Å². The molecule has 1 unspecified atom stereocenters. The van der Waals surface area contributed by atoms with Gasteiger partial charge in [0.2, 0.25) is 0 Å². The van der Waals surface area contributed by atoms with Crippen molar-refractivity contribution in [1.82, 2.24) is 9.53 Å². The van der Waals surface area contributed by atoms with Crippen molar-refractivity contribution in [2.45, 2.75) is 13.0 Å². The van der Waals surface area contributed by atoms with E-state index in [-0.39, 0.29) is 0 Å². The Morgan fingerprint density at radius 3 is 3.00 bits per heavy atom. The highest BCUT2D eigenvalue weighted by Gasteiger charge is 2.20. The maximum atomic E-state index is 4.09. The van der Waals surface area contributed by atoms with E-state index in [0.717, 1.165) is 6.54 Å². The van der Waals surface area contributed by atoms with Crippen molar-refractivity contribution in [1.29, 1.82) is 0 Å². The molecular weight excluding hydrogens is 146 g/mol. The summed E-state index contributed by atoms with van der Waals surface area (Å²) < 4.78 is 1.53. The largest absolute Gasteiger partial charge is 0.182 e. The Balaban J connectivity index is 2.51. The van der Waals surface area contributed by atoms with Crippen LogP contribution >= 0.6 is 12.8 Å². The van der Waals surface area contributed by atoms with Gasteiger partial charge in [-0.3, -0.25) is 0 Å². The van der Waals surface area contributed by atoms with Crippen molar-refractivity contribution in [2.24, 2.45) is 5.10 Å². The maximum absolute atomic E-state index is 4.09. The fourth-order valence-corrected chi connectivity index (χ4v) is 1.13. The first-order chi connectivity index (χ1) is 4.75. The molecule has 0 aromatic heterocycles. The summed E-state index contributed by atoms with van der Waals surface area (Å²) in [7, 11) is 0. The third-order valence-electron chi connectivity index (χ3n) is 1.40. The molecule has 1 rings (SSSR count). The van der Waals surface area contributed by atoms with Crippen LogP contribution in [0.5, 0.6) is 0 Å². The highest BCUT2D eigenvalue weighted by Crippen LogP contribution is 2.12. The molecule has 0 aromatic rings. The number of hydrogen-bond acceptors (Lipinski definition) is 4. The van der Waals surface area contributed by atoms with Gasteiger partial charge >= 0.3 is 0 Å². The number of thiol groups is 1. The van der Waals surface area contributed by atoms with Crippen LogP contribution in [0.3, 0.4) is 0 Å². The summed E-state index contributed by atoms with van der Waals surface area (Å²) in [6.07, 6.45) is 3.67. The monoisotopic (exact) mass is 157 g/mol. The van der Waals surface area contributed by atoms with Crippen molar-refractivity contribution < 1.29 is 0 Å². The molecule has 0 N–H and O–H groups in total. The van der Waals surface area contributed by atoms with Crippen LogP contribution in [0, 0.1) is 0 Å². The van der Waals surface area contributed by atoms with E-state index in [1.165, 1.54) is 4.52 Å². The minimum Gasteiger partial charge on any atom is -0.182 e. The van der Waals surface area contributed by atoms with Crippen LogP contribution in [0.25, 0.3) is 0 Å². The standard InChI is InChI=1S/C6H11N3S/c1-3-4-8-6(2)5-7-9(8)10/h3,5-6,10H,1,4H2,2H3. The molecule has 0 spiro atoms. The average molecular weight is 157 g/mol. The third kappa shape index (κ3) is 1.33. The van der Waals surface area contributed by atoms with Gasteiger partial charge in [-0.1, -0.05) is 6.08 Å². The molecule has 56 valence electrons. The Hall–Kier alpha value is -0.480. The van der Waals surface area contributed by atoms with Gasteiger partial charge in [-0.2, -0.15) is 14.6 Å². The second-order valence-corrected chi connectivity index (χ2v) is 2.54. The fourth-order valence-electron chi connectivity index (χ4n) is 0.834. The number of nitrogens with zero attached hydrogens (tertiary/aromatic N) is 3. The molecule has 3 nitrogen and oxygen atoms in total. The molecule has 0 radical (unpaired) electrons. The lowest BCUT2D eigenvalue weighted by molar-refractivity contribution is 0.102. The van der Waals surface area contributed by atoms with Crippen molar-refractivity contribution in [2.75, 3.05) is 6.54 Å². The molecular formula is C6H11N3S. The van der Waals surface area contributed by atoms with Crippen LogP contribution in [-0.2, 0) is 0 Å². The maximum Gasteiger partial charge on any atom is 0.0664 e. The minimum absolute atomic E-state index is 0.329. The zero-order valence-corrected chi connectivity index (χ0v) is 6.83. The molecule has 10 heavy (non-hydrogen) atoms. The Bertz CT molecular complexity index is 145. The van der Waals surface area contributed by atoms with E-state index in [9.17, 15) is 0 Å². The zero-order chi connectivity index (χ0) is 7.56. The Morgan fingerprint density at radius 2 is 2.60 bits per heavy atom. The van der Waals surface area contributed by atoms with Gasteiger partial charge in [-0.25, -0.2) is 0 Å². The minimum atomic E-state index is 0.329. The fraction of sp³-hybridized carbons (Fsp3) is 0.500. The van der Waals surface area contributed by atoms with E-state index >= 15 is 0 Å². The summed E-state index contributed by atoms with van der Waals surface area (Å²) in [5.41, 5.74) is 0. The summed E-state index contributed by atoms with van der Waals surface area (Å²) in [5.74, 6) is 0. The van der Waals surface area contributed by atoms with Gasteiger partial charge in [0.05, 0.1) is 6.04 Å². The van der Waals surface area contributed by atoms with Crippen molar-refractivity contribution in [3.05, 3.63) is 12.7 Å². The highest BCUT2D eigenvalue weighted by molar-refractivity contribution is 7.77. The van der Waals surface area contributed by atoms with Crippen LogP contribution in [-0.4, -0.2) is 28.3 Å². The van der Waals surface area contributed by atoms with Gasteiger partial charge in [-0.15, -0.1) is 6.58 Å². The average Bonchev–Trinajstić information content (AvgIpc) is 2.20. The molecule has 1 atom stereocenters. The quantitative estimate of drug-likeness (QED) is 0.475. The zero-order valence-electron chi connectivity index (χ0n) is 5.94. The summed E-state index contributed by atoms with van der Waals surface area (Å²) in [6, 6.07) is 0.329. The normalized spacial score (nSPS) is 25.8. The molecule has 0 saturated carbocycles. The molecule has 0 fully saturated rings. The van der Waals surface area contributed by atoms with Crippen LogP contribution in [0.1, 0.15) is 6.92 Å². The van der Waals surface area contributed by atoms with Crippen molar-refractivity contribution in [3.8, 4) is 0 Å². The van der Waals surface area contributed by atoms with Crippen molar-refractivity contribution >= 4 is 19.0 Å². The lowest BCUT2D eigenvalue weighted by Crippen LogP contribution is -2.35. The molecule has 0 bridgehead atoms. The summed E-state index contributed by atoms with van der Waals surface area (Å²) in [5, 5.41) is 5.95. The molecule has 0 saturated heterocycles. The second kappa shape index (κ2) is 3.07. The van der Waals surface area contributed by atoms with E-state index in [1.807, 2.05) is 17.3 Å².